The molecule has 1 aliphatic rings. The maximum atomic E-state index is 12.2. The second kappa shape index (κ2) is 5.92. The number of fused-ring (bicyclic) bond motifs is 1. The average Bonchev–Trinajstić information content (AvgIpc) is 2.54. The van der Waals surface area contributed by atoms with Crippen molar-refractivity contribution in [3.8, 4) is 5.75 Å². The second-order valence-electron chi connectivity index (χ2n) is 5.96. The first-order valence-electron chi connectivity index (χ1n) is 7.58. The average molecular weight is 363 g/mol. The molecule has 1 saturated carbocycles. The standard InChI is InChI=1S/C18H19BrO3/c1-22-15-8-5-12-11-13(19)6-7-14(12)16(15)18(17(20)21)9-3-2-4-10-18/h5-8,11H,2-4,9-10H2,1H3,(H,20,21). The molecule has 116 valence electrons. The largest absolute Gasteiger partial charge is 0.496 e. The molecule has 4 heteroatoms. The van der Waals surface area contributed by atoms with Crippen molar-refractivity contribution in [1.29, 1.82) is 0 Å². The number of aliphatic carboxylic acids is 1. The summed E-state index contributed by atoms with van der Waals surface area (Å²) in [6.07, 6.45) is 4.35. The molecular formula is C18H19BrO3. The molecule has 3 nitrogen and oxygen atoms in total. The summed E-state index contributed by atoms with van der Waals surface area (Å²) in [5.41, 5.74) is 0.00362. The topological polar surface area (TPSA) is 46.5 Å². The van der Waals surface area contributed by atoms with Crippen LogP contribution in [0.4, 0.5) is 0 Å². The number of carbonyl (C=O) groups is 1. The zero-order valence-corrected chi connectivity index (χ0v) is 14.1. The van der Waals surface area contributed by atoms with Crippen LogP contribution in [-0.4, -0.2) is 18.2 Å². The Morgan fingerprint density at radius 1 is 1.18 bits per heavy atom. The number of hydrogen-bond acceptors (Lipinski definition) is 2. The molecule has 1 N–H and O–H groups in total. The zero-order chi connectivity index (χ0) is 15.7. The quantitative estimate of drug-likeness (QED) is 0.844. The Labute approximate surface area is 138 Å². The van der Waals surface area contributed by atoms with Gasteiger partial charge in [0, 0.05) is 10.0 Å². The van der Waals surface area contributed by atoms with Crippen LogP contribution in [0, 0.1) is 0 Å². The van der Waals surface area contributed by atoms with Crippen LogP contribution in [0.25, 0.3) is 10.8 Å². The molecule has 0 bridgehead atoms. The fourth-order valence-corrected chi connectivity index (χ4v) is 4.05. The van der Waals surface area contributed by atoms with E-state index in [1.165, 1.54) is 0 Å². The third-order valence-corrected chi connectivity index (χ3v) is 5.25. The van der Waals surface area contributed by atoms with E-state index in [0.29, 0.717) is 18.6 Å². The van der Waals surface area contributed by atoms with Crippen molar-refractivity contribution in [3.63, 3.8) is 0 Å². The maximum absolute atomic E-state index is 12.2. The Balaban J connectivity index is 2.33. The van der Waals surface area contributed by atoms with Gasteiger partial charge in [-0.15, -0.1) is 0 Å². The van der Waals surface area contributed by atoms with Crippen LogP contribution in [0.5, 0.6) is 5.75 Å². The highest BCUT2D eigenvalue weighted by molar-refractivity contribution is 9.10. The van der Waals surface area contributed by atoms with Gasteiger partial charge in [0.1, 0.15) is 5.75 Å². The van der Waals surface area contributed by atoms with Gasteiger partial charge in [-0.25, -0.2) is 0 Å². The minimum absolute atomic E-state index is 0.674. The van der Waals surface area contributed by atoms with E-state index >= 15 is 0 Å². The van der Waals surface area contributed by atoms with Gasteiger partial charge in [0.05, 0.1) is 12.5 Å². The number of carboxylic acids is 1. The molecule has 2 aromatic carbocycles. The molecule has 0 aliphatic heterocycles. The van der Waals surface area contributed by atoms with E-state index in [4.69, 9.17) is 4.74 Å². The van der Waals surface area contributed by atoms with Gasteiger partial charge in [-0.3, -0.25) is 4.79 Å². The first kappa shape index (κ1) is 15.3. The van der Waals surface area contributed by atoms with Gasteiger partial charge in [0.2, 0.25) is 0 Å². The van der Waals surface area contributed by atoms with E-state index in [-0.39, 0.29) is 0 Å². The fourth-order valence-electron chi connectivity index (χ4n) is 3.67. The van der Waals surface area contributed by atoms with Crippen molar-refractivity contribution in [3.05, 3.63) is 40.4 Å². The van der Waals surface area contributed by atoms with Crippen molar-refractivity contribution < 1.29 is 14.6 Å². The van der Waals surface area contributed by atoms with E-state index in [9.17, 15) is 9.90 Å². The minimum Gasteiger partial charge on any atom is -0.496 e. The number of benzene rings is 2. The van der Waals surface area contributed by atoms with Gasteiger partial charge in [0.25, 0.3) is 0 Å². The van der Waals surface area contributed by atoms with Crippen molar-refractivity contribution in [2.24, 2.45) is 0 Å². The molecule has 0 unspecified atom stereocenters. The summed E-state index contributed by atoms with van der Waals surface area (Å²) in [4.78, 5) is 12.2. The highest BCUT2D eigenvalue weighted by Gasteiger charge is 2.44. The van der Waals surface area contributed by atoms with Crippen LogP contribution in [0.15, 0.2) is 34.8 Å². The predicted octanol–water partition coefficient (Wildman–Crippen LogP) is 4.90. The van der Waals surface area contributed by atoms with Crippen molar-refractivity contribution >= 4 is 32.7 Å². The Morgan fingerprint density at radius 3 is 2.55 bits per heavy atom. The molecular weight excluding hydrogens is 344 g/mol. The van der Waals surface area contributed by atoms with Gasteiger partial charge in [-0.05, 0) is 41.8 Å². The molecule has 0 saturated heterocycles. The molecule has 0 atom stereocenters. The molecule has 0 spiro atoms. The summed E-state index contributed by atoms with van der Waals surface area (Å²) in [6.45, 7) is 0. The lowest BCUT2D eigenvalue weighted by Crippen LogP contribution is -2.38. The normalized spacial score (nSPS) is 17.4. The van der Waals surface area contributed by atoms with E-state index in [0.717, 1.165) is 40.1 Å². The second-order valence-corrected chi connectivity index (χ2v) is 6.87. The summed E-state index contributed by atoms with van der Waals surface area (Å²) in [5, 5.41) is 12.0. The number of halogens is 1. The van der Waals surface area contributed by atoms with Crippen molar-refractivity contribution in [2.75, 3.05) is 7.11 Å². The van der Waals surface area contributed by atoms with Crippen LogP contribution < -0.4 is 4.74 Å². The lowest BCUT2D eigenvalue weighted by atomic mass is 9.68. The number of rotatable bonds is 3. The van der Waals surface area contributed by atoms with E-state index < -0.39 is 11.4 Å². The van der Waals surface area contributed by atoms with E-state index in [2.05, 4.69) is 15.9 Å². The summed E-state index contributed by atoms with van der Waals surface area (Å²) in [5.74, 6) is -0.0555. The lowest BCUT2D eigenvalue weighted by molar-refractivity contribution is -0.145. The SMILES string of the molecule is COc1ccc2cc(Br)ccc2c1C1(C(=O)O)CCCCC1. The van der Waals surface area contributed by atoms with Crippen LogP contribution in [0.3, 0.4) is 0 Å². The Kier molecular flexibility index (Phi) is 4.13. The summed E-state index contributed by atoms with van der Waals surface area (Å²) < 4.78 is 6.53. The van der Waals surface area contributed by atoms with E-state index in [1.54, 1.807) is 7.11 Å². The monoisotopic (exact) mass is 362 g/mol. The molecule has 0 radical (unpaired) electrons. The van der Waals surface area contributed by atoms with Crippen LogP contribution in [0.2, 0.25) is 0 Å². The molecule has 1 aliphatic carbocycles. The number of hydrogen-bond donors (Lipinski definition) is 1. The highest BCUT2D eigenvalue weighted by atomic mass is 79.9. The van der Waals surface area contributed by atoms with Gasteiger partial charge in [-0.1, -0.05) is 47.3 Å². The lowest BCUT2D eigenvalue weighted by Gasteiger charge is -2.35. The number of carboxylic acid groups (broad SMARTS) is 1. The smallest absolute Gasteiger partial charge is 0.314 e. The van der Waals surface area contributed by atoms with Crippen LogP contribution in [0.1, 0.15) is 37.7 Å². The molecule has 0 amide bonds. The van der Waals surface area contributed by atoms with Gasteiger partial charge >= 0.3 is 5.97 Å². The molecule has 3 rings (SSSR count). The Hall–Kier alpha value is -1.55. The third-order valence-electron chi connectivity index (χ3n) is 4.76. The summed E-state index contributed by atoms with van der Waals surface area (Å²) in [7, 11) is 1.61. The van der Waals surface area contributed by atoms with Crippen LogP contribution >= 0.6 is 15.9 Å². The molecule has 2 aromatic rings. The third kappa shape index (κ3) is 2.39. The number of methoxy groups -OCH3 is 1. The summed E-state index contributed by atoms with van der Waals surface area (Å²) >= 11 is 3.48. The van der Waals surface area contributed by atoms with E-state index in [1.807, 2.05) is 30.3 Å². The summed E-state index contributed by atoms with van der Waals surface area (Å²) in [6, 6.07) is 9.86. The minimum atomic E-state index is -0.836. The molecule has 0 heterocycles. The first-order valence-corrected chi connectivity index (χ1v) is 8.38. The maximum Gasteiger partial charge on any atom is 0.314 e. The zero-order valence-electron chi connectivity index (χ0n) is 12.6. The van der Waals surface area contributed by atoms with Crippen molar-refractivity contribution in [2.45, 2.75) is 37.5 Å². The van der Waals surface area contributed by atoms with Crippen molar-refractivity contribution in [1.82, 2.24) is 0 Å². The number of ether oxygens (including phenoxy) is 1. The molecule has 0 aromatic heterocycles. The van der Waals surface area contributed by atoms with Crippen LogP contribution in [-0.2, 0) is 10.2 Å². The predicted molar refractivity (Wildman–Crippen MR) is 90.6 cm³/mol. The fraction of sp³-hybridized carbons (Fsp3) is 0.389. The molecule has 22 heavy (non-hydrogen) atoms. The van der Waals surface area contributed by atoms with Gasteiger partial charge < -0.3 is 9.84 Å². The van der Waals surface area contributed by atoms with Gasteiger partial charge in [-0.2, -0.15) is 0 Å². The molecule has 1 fully saturated rings. The Bertz CT molecular complexity index is 718. The van der Waals surface area contributed by atoms with Gasteiger partial charge in [0.15, 0.2) is 0 Å². The highest BCUT2D eigenvalue weighted by Crippen LogP contribution is 2.47. The Morgan fingerprint density at radius 2 is 1.91 bits per heavy atom. The first-order chi connectivity index (χ1) is 10.6.